The van der Waals surface area contributed by atoms with E-state index in [4.69, 9.17) is 4.11 Å². The van der Waals surface area contributed by atoms with Gasteiger partial charge in [0, 0.05) is 17.0 Å². The number of esters is 1. The zero-order valence-corrected chi connectivity index (χ0v) is 16.1. The number of carbonyl (C=O) groups excluding carboxylic acids is 1. The van der Waals surface area contributed by atoms with Gasteiger partial charge in [0.2, 0.25) is 5.52 Å². The summed E-state index contributed by atoms with van der Waals surface area (Å²) in [5.41, 5.74) is 2.41. The van der Waals surface area contributed by atoms with Gasteiger partial charge >= 0.3 is 39.0 Å². The first-order valence-corrected chi connectivity index (χ1v) is 10.1. The first-order chi connectivity index (χ1) is 14.8. The SMILES string of the molecule is F[P-](F)(F)(F)(F)F.[2H]C([2H])([2H])OC(=O)c1ccccc1C#Cc1cc2ccccc2[n+](C)c1. The molecule has 1 aromatic heterocycles. The monoisotopic (exact) mass is 450 g/mol. The van der Waals surface area contributed by atoms with Gasteiger partial charge in [-0.3, -0.25) is 0 Å². The van der Waals surface area contributed by atoms with E-state index in [-0.39, 0.29) is 5.56 Å². The molecule has 0 bridgehead atoms. The van der Waals surface area contributed by atoms with Crippen molar-refractivity contribution < 1.29 is 43.4 Å². The van der Waals surface area contributed by atoms with E-state index in [1.165, 1.54) is 6.07 Å². The van der Waals surface area contributed by atoms with Crippen LogP contribution in [0.4, 0.5) is 25.2 Å². The van der Waals surface area contributed by atoms with Gasteiger partial charge in [0.15, 0.2) is 6.20 Å². The molecule has 0 saturated carbocycles. The van der Waals surface area contributed by atoms with Gasteiger partial charge in [-0.25, -0.2) is 4.79 Å². The van der Waals surface area contributed by atoms with Crippen LogP contribution in [0.3, 0.4) is 0 Å². The van der Waals surface area contributed by atoms with Gasteiger partial charge in [0.05, 0.1) is 22.3 Å². The maximum Gasteiger partial charge on any atom is 0.339 e. The van der Waals surface area contributed by atoms with Gasteiger partial charge in [-0.1, -0.05) is 36.1 Å². The van der Waals surface area contributed by atoms with Crippen molar-refractivity contribution in [3.8, 4) is 11.8 Å². The fourth-order valence-electron chi connectivity index (χ4n) is 2.45. The maximum absolute atomic E-state index is 12.1. The summed E-state index contributed by atoms with van der Waals surface area (Å²) in [5, 5.41) is 1.05. The fourth-order valence-corrected chi connectivity index (χ4v) is 2.45. The summed E-state index contributed by atoms with van der Waals surface area (Å²) in [7, 11) is -11.5. The van der Waals surface area contributed by atoms with Crippen LogP contribution in [0, 0.1) is 11.8 Å². The molecule has 0 amide bonds. The Bertz CT molecular complexity index is 1260. The molecule has 2 aromatic carbocycles. The Hall–Kier alpha value is -3.11. The molecule has 3 rings (SSSR count). The summed E-state index contributed by atoms with van der Waals surface area (Å²) < 4.78 is 86.9. The number of hydrogen-bond acceptors (Lipinski definition) is 2. The number of fused-ring (bicyclic) bond motifs is 1. The van der Waals surface area contributed by atoms with Crippen molar-refractivity contribution in [3.05, 3.63) is 77.5 Å². The molecular weight excluding hydrogens is 431 g/mol. The van der Waals surface area contributed by atoms with Crippen LogP contribution in [0.1, 0.15) is 25.6 Å². The molecule has 0 aliphatic heterocycles. The molecule has 10 heteroatoms. The Morgan fingerprint density at radius 1 is 1.00 bits per heavy atom. The van der Waals surface area contributed by atoms with Crippen molar-refractivity contribution >= 4 is 24.7 Å². The summed E-state index contributed by atoms with van der Waals surface area (Å²) in [4.78, 5) is 12.1. The molecule has 30 heavy (non-hydrogen) atoms. The van der Waals surface area contributed by atoms with E-state index in [0.717, 1.165) is 16.5 Å². The molecule has 0 aliphatic rings. The molecule has 0 N–H and O–H groups in total. The number of nitrogens with zero attached hydrogens (tertiary/aromatic N) is 1. The average molecular weight is 450 g/mol. The topological polar surface area (TPSA) is 30.2 Å². The first kappa shape index (κ1) is 18.9. The number of para-hydroxylation sites is 1. The fraction of sp³-hybridized carbons (Fsp3) is 0.100. The molecule has 0 spiro atoms. The number of carbonyl (C=O) groups is 1. The van der Waals surface area contributed by atoms with Crippen molar-refractivity contribution in [2.45, 2.75) is 0 Å². The number of benzene rings is 2. The maximum atomic E-state index is 12.1. The quantitative estimate of drug-likeness (QED) is 0.145. The van der Waals surface area contributed by atoms with Crippen molar-refractivity contribution in [1.29, 1.82) is 0 Å². The molecule has 1 heterocycles. The van der Waals surface area contributed by atoms with Crippen LogP contribution >= 0.6 is 7.81 Å². The standard InChI is InChI=1S/C20H16NO2.F6P/c1-21-14-15(13-17-8-4-6-10-19(17)21)11-12-16-7-3-5-9-18(16)20(22)23-2;1-7(2,3,4,5)6/h3-10,13-14H,1-2H3;/q+1;-1/i2D3;. The third kappa shape index (κ3) is 8.10. The third-order valence-corrected chi connectivity index (χ3v) is 3.54. The predicted molar refractivity (Wildman–Crippen MR) is 102 cm³/mol. The molecule has 0 aliphatic carbocycles. The van der Waals surface area contributed by atoms with Crippen molar-refractivity contribution in [1.82, 2.24) is 0 Å². The van der Waals surface area contributed by atoms with Crippen LogP contribution in [-0.4, -0.2) is 13.0 Å². The third-order valence-electron chi connectivity index (χ3n) is 3.54. The molecule has 3 nitrogen and oxygen atoms in total. The number of aromatic nitrogens is 1. The number of pyridine rings is 1. The first-order valence-electron chi connectivity index (χ1n) is 9.58. The number of hydrogen-bond donors (Lipinski definition) is 0. The number of methoxy groups -OCH3 is 1. The Kier molecular flexibility index (Phi) is 4.80. The van der Waals surface area contributed by atoms with Crippen LogP contribution in [-0.2, 0) is 11.8 Å². The van der Waals surface area contributed by atoms with Gasteiger partial charge < -0.3 is 4.74 Å². The molecule has 0 unspecified atom stereocenters. The smallest absolute Gasteiger partial charge is 0.339 e. The molecule has 0 saturated heterocycles. The Labute approximate surface area is 172 Å². The summed E-state index contributed by atoms with van der Waals surface area (Å²) in [6.45, 7) is 0. The molecule has 0 atom stereocenters. The van der Waals surface area contributed by atoms with Gasteiger partial charge in [-0.05, 0) is 24.3 Å². The van der Waals surface area contributed by atoms with Crippen LogP contribution in [0.2, 0.25) is 0 Å². The minimum Gasteiger partial charge on any atom is -0.465 e. The Balaban J connectivity index is 0.000000479. The van der Waals surface area contributed by atoms with Crippen LogP contribution in [0.5, 0.6) is 0 Å². The summed E-state index contributed by atoms with van der Waals surface area (Å²) in [6.07, 6.45) is 1.90. The minimum absolute atomic E-state index is 0.126. The van der Waals surface area contributed by atoms with Gasteiger partial charge in [-0.15, -0.1) is 0 Å². The normalized spacial score (nSPS) is 15.0. The summed E-state index contributed by atoms with van der Waals surface area (Å²) >= 11 is 0. The van der Waals surface area contributed by atoms with E-state index in [2.05, 4.69) is 16.6 Å². The summed E-state index contributed by atoms with van der Waals surface area (Å²) in [5.74, 6) is 5.06. The number of halogens is 6. The van der Waals surface area contributed by atoms with E-state index >= 15 is 0 Å². The van der Waals surface area contributed by atoms with Crippen LogP contribution < -0.4 is 4.57 Å². The van der Waals surface area contributed by atoms with E-state index in [1.54, 1.807) is 18.2 Å². The van der Waals surface area contributed by atoms with Gasteiger partial charge in [0.1, 0.15) is 7.05 Å². The largest absolute Gasteiger partial charge is 0.465 e. The molecule has 0 fully saturated rings. The minimum atomic E-state index is -10.7. The zero-order chi connectivity index (χ0) is 25.1. The second-order valence-corrected chi connectivity index (χ2v) is 7.96. The number of aryl methyl sites for hydroxylation is 1. The van der Waals surface area contributed by atoms with Crippen LogP contribution in [0.15, 0.2) is 60.8 Å². The Morgan fingerprint density at radius 3 is 2.27 bits per heavy atom. The van der Waals surface area contributed by atoms with Gasteiger partial charge in [0.25, 0.3) is 0 Å². The molecule has 160 valence electrons. The predicted octanol–water partition coefficient (Wildman–Crippen LogP) is 6.23. The van der Waals surface area contributed by atoms with Crippen molar-refractivity contribution in [3.63, 3.8) is 0 Å². The average Bonchev–Trinajstić information content (AvgIpc) is 2.63. The van der Waals surface area contributed by atoms with E-state index in [9.17, 15) is 30.0 Å². The van der Waals surface area contributed by atoms with Crippen LogP contribution in [0.25, 0.3) is 10.9 Å². The molecule has 3 aromatic rings. The van der Waals surface area contributed by atoms with E-state index < -0.39 is 20.8 Å². The van der Waals surface area contributed by atoms with Crippen molar-refractivity contribution in [2.75, 3.05) is 7.04 Å². The zero-order valence-electron chi connectivity index (χ0n) is 18.3. The van der Waals surface area contributed by atoms with E-state index in [0.29, 0.717) is 5.56 Å². The molecular formula is C20H16F6NO2P. The summed E-state index contributed by atoms with van der Waals surface area (Å²) in [6, 6.07) is 16.4. The number of rotatable bonds is 1. The van der Waals surface area contributed by atoms with Gasteiger partial charge in [-0.2, -0.15) is 4.57 Å². The second kappa shape index (κ2) is 7.62. The second-order valence-electron chi connectivity index (χ2n) is 6.04. The van der Waals surface area contributed by atoms with E-state index in [1.807, 2.05) is 48.1 Å². The van der Waals surface area contributed by atoms with Crippen molar-refractivity contribution in [2.24, 2.45) is 7.05 Å². The Morgan fingerprint density at radius 2 is 1.60 bits per heavy atom. The number of ether oxygens (including phenoxy) is 1. The molecule has 0 radical (unpaired) electrons.